The fourth-order valence-corrected chi connectivity index (χ4v) is 3.49. The number of Topliss-reactive ketones (excluding diaryl/α,β-unsaturated/α-hetero) is 1. The number of hydrogen-bond acceptors (Lipinski definition) is 2. The van der Waals surface area contributed by atoms with E-state index in [1.807, 2.05) is 0 Å². The zero-order valence-electron chi connectivity index (χ0n) is 11.2. The predicted octanol–water partition coefficient (Wildman–Crippen LogP) is 3.39. The van der Waals surface area contributed by atoms with E-state index in [-0.39, 0.29) is 11.9 Å². The van der Waals surface area contributed by atoms with E-state index in [9.17, 15) is 9.90 Å². The normalized spacial score (nSPS) is 13.6. The molecule has 1 unspecified atom stereocenters. The van der Waals surface area contributed by atoms with Gasteiger partial charge in [-0.15, -0.1) is 6.58 Å². The van der Waals surface area contributed by atoms with Crippen LogP contribution in [-0.2, 0) is 4.79 Å². The molecule has 1 atom stereocenters. The lowest BCUT2D eigenvalue weighted by Crippen LogP contribution is -2.21. The monoisotopic (exact) mass is 242 g/mol. The third-order valence-electron chi connectivity index (χ3n) is 2.37. The Labute approximate surface area is 101 Å². The van der Waals surface area contributed by atoms with Crippen molar-refractivity contribution in [2.45, 2.75) is 64.4 Å². The first-order chi connectivity index (χ1) is 7.20. The molecule has 0 aliphatic heterocycles. The molecule has 94 valence electrons. The Morgan fingerprint density at radius 2 is 1.94 bits per heavy atom. The molecule has 0 saturated heterocycles. The number of ketones is 1. The van der Waals surface area contributed by atoms with Crippen molar-refractivity contribution in [3.63, 3.8) is 0 Å². The smallest absolute Gasteiger partial charge is 0.129 e. The first kappa shape index (κ1) is 15.6. The Balaban J connectivity index is 3.74. The van der Waals surface area contributed by atoms with Crippen LogP contribution < -0.4 is 0 Å². The quantitative estimate of drug-likeness (QED) is 0.523. The van der Waals surface area contributed by atoms with E-state index in [1.165, 1.54) is 0 Å². The topological polar surface area (TPSA) is 37.3 Å². The Bertz CT molecular complexity index is 241. The number of hydrogen-bond donors (Lipinski definition) is 1. The Kier molecular flexibility index (Phi) is 6.84. The largest absolute Gasteiger partial charge is 0.393 e. The van der Waals surface area contributed by atoms with Gasteiger partial charge in [0.1, 0.15) is 5.78 Å². The molecular weight excluding hydrogens is 216 g/mol. The highest BCUT2D eigenvalue weighted by molar-refractivity contribution is 6.76. The van der Waals surface area contributed by atoms with E-state index >= 15 is 0 Å². The summed E-state index contributed by atoms with van der Waals surface area (Å²) in [4.78, 5) is 10.7. The Hall–Kier alpha value is -0.413. The molecule has 16 heavy (non-hydrogen) atoms. The highest BCUT2D eigenvalue weighted by atomic mass is 28.3. The van der Waals surface area contributed by atoms with Crippen LogP contribution in [0.5, 0.6) is 0 Å². The highest BCUT2D eigenvalue weighted by Crippen LogP contribution is 2.20. The summed E-state index contributed by atoms with van der Waals surface area (Å²) in [7, 11) is -1.10. The van der Waals surface area contributed by atoms with Gasteiger partial charge >= 0.3 is 0 Å². The zero-order valence-corrected chi connectivity index (χ0v) is 12.2. The fraction of sp³-hybridized carbons (Fsp3) is 0.769. The minimum Gasteiger partial charge on any atom is -0.393 e. The second-order valence-corrected chi connectivity index (χ2v) is 11.4. The molecular formula is C13H26O2Si. The van der Waals surface area contributed by atoms with E-state index in [0.717, 1.165) is 18.0 Å². The Morgan fingerprint density at radius 3 is 2.38 bits per heavy atom. The number of aliphatic hydroxyl groups excluding tert-OH is 1. The lowest BCUT2D eigenvalue weighted by atomic mass is 10.0. The number of carbonyl (C=O) groups excluding carboxylic acids is 1. The van der Waals surface area contributed by atoms with Crippen LogP contribution in [-0.4, -0.2) is 25.1 Å². The number of rotatable bonds is 8. The summed E-state index contributed by atoms with van der Waals surface area (Å²) in [6, 6.07) is 1.08. The number of aliphatic hydroxyl groups is 1. The summed E-state index contributed by atoms with van der Waals surface area (Å²) >= 11 is 0. The van der Waals surface area contributed by atoms with Crippen molar-refractivity contribution in [2.75, 3.05) is 0 Å². The van der Waals surface area contributed by atoms with Crippen LogP contribution in [0.2, 0.25) is 25.7 Å². The Morgan fingerprint density at radius 1 is 1.38 bits per heavy atom. The summed E-state index contributed by atoms with van der Waals surface area (Å²) in [5, 5.41) is 9.77. The molecule has 0 fully saturated rings. The molecule has 0 amide bonds. The molecule has 0 spiro atoms. The van der Waals surface area contributed by atoms with Crippen LogP contribution >= 0.6 is 0 Å². The van der Waals surface area contributed by atoms with Crippen molar-refractivity contribution in [2.24, 2.45) is 0 Å². The third-order valence-corrected chi connectivity index (χ3v) is 3.93. The fourth-order valence-electron chi connectivity index (χ4n) is 1.84. The number of carbonyl (C=O) groups is 1. The molecule has 0 rings (SSSR count). The van der Waals surface area contributed by atoms with Gasteiger partial charge in [0.15, 0.2) is 0 Å². The molecule has 0 heterocycles. The molecule has 2 nitrogen and oxygen atoms in total. The maximum Gasteiger partial charge on any atom is 0.129 e. The summed E-state index contributed by atoms with van der Waals surface area (Å²) in [6.07, 6.45) is 2.46. The summed E-state index contributed by atoms with van der Waals surface area (Å²) in [5.74, 6) is 0.202. The van der Waals surface area contributed by atoms with E-state index in [0.29, 0.717) is 19.3 Å². The predicted molar refractivity (Wildman–Crippen MR) is 72.4 cm³/mol. The second kappa shape index (κ2) is 7.02. The van der Waals surface area contributed by atoms with Crippen molar-refractivity contribution < 1.29 is 9.90 Å². The molecule has 0 aliphatic carbocycles. The maximum absolute atomic E-state index is 10.7. The molecule has 1 N–H and O–H groups in total. The maximum atomic E-state index is 10.7. The average Bonchev–Trinajstić information content (AvgIpc) is 1.98. The van der Waals surface area contributed by atoms with Crippen molar-refractivity contribution in [3.8, 4) is 0 Å². The van der Waals surface area contributed by atoms with Crippen LogP contribution in [0.15, 0.2) is 12.2 Å². The van der Waals surface area contributed by atoms with Gasteiger partial charge in [-0.3, -0.25) is 0 Å². The van der Waals surface area contributed by atoms with Crippen LogP contribution in [0.4, 0.5) is 0 Å². The van der Waals surface area contributed by atoms with Crippen LogP contribution in [0.3, 0.4) is 0 Å². The van der Waals surface area contributed by atoms with Gasteiger partial charge in [-0.05, 0) is 32.2 Å². The van der Waals surface area contributed by atoms with Gasteiger partial charge in [-0.25, -0.2) is 0 Å². The van der Waals surface area contributed by atoms with Crippen LogP contribution in [0.1, 0.15) is 32.6 Å². The van der Waals surface area contributed by atoms with Crippen molar-refractivity contribution >= 4 is 13.9 Å². The van der Waals surface area contributed by atoms with E-state index in [2.05, 4.69) is 26.2 Å². The molecule has 0 saturated carbocycles. The van der Waals surface area contributed by atoms with Crippen molar-refractivity contribution in [1.29, 1.82) is 0 Å². The third kappa shape index (κ3) is 10.1. The van der Waals surface area contributed by atoms with E-state index in [1.54, 1.807) is 6.92 Å². The second-order valence-electron chi connectivity index (χ2n) is 5.94. The first-order valence-electron chi connectivity index (χ1n) is 6.05. The van der Waals surface area contributed by atoms with Gasteiger partial charge in [0.05, 0.1) is 6.10 Å². The van der Waals surface area contributed by atoms with Gasteiger partial charge in [-0.1, -0.05) is 25.2 Å². The van der Waals surface area contributed by atoms with Crippen molar-refractivity contribution in [3.05, 3.63) is 12.2 Å². The summed E-state index contributed by atoms with van der Waals surface area (Å²) in [6.45, 7) is 12.5. The van der Waals surface area contributed by atoms with Gasteiger partial charge in [-0.2, -0.15) is 0 Å². The molecule has 0 aromatic rings. The minimum absolute atomic E-state index is 0.202. The van der Waals surface area contributed by atoms with Gasteiger partial charge in [0.2, 0.25) is 0 Å². The zero-order chi connectivity index (χ0) is 12.8. The standard InChI is InChI=1S/C13H26O2Si/c1-11(10-16(3,4)5)9-13(15)8-6-7-12(2)14/h13,15H,1,6-10H2,2-5H3. The lowest BCUT2D eigenvalue weighted by molar-refractivity contribution is -0.117. The molecule has 0 radical (unpaired) electrons. The minimum atomic E-state index is -1.10. The summed E-state index contributed by atoms with van der Waals surface area (Å²) < 4.78 is 0. The SMILES string of the molecule is C=C(CC(O)CCCC(C)=O)C[Si](C)(C)C. The highest BCUT2D eigenvalue weighted by Gasteiger charge is 2.16. The van der Waals surface area contributed by atoms with Crippen LogP contribution in [0.25, 0.3) is 0 Å². The van der Waals surface area contributed by atoms with E-state index in [4.69, 9.17) is 0 Å². The van der Waals surface area contributed by atoms with Crippen molar-refractivity contribution in [1.82, 2.24) is 0 Å². The lowest BCUT2D eigenvalue weighted by Gasteiger charge is -2.19. The molecule has 0 aromatic heterocycles. The molecule has 0 aromatic carbocycles. The molecule has 0 bridgehead atoms. The van der Waals surface area contributed by atoms with Crippen LogP contribution in [0, 0.1) is 0 Å². The summed E-state index contributed by atoms with van der Waals surface area (Å²) in [5.41, 5.74) is 1.16. The molecule has 3 heteroatoms. The van der Waals surface area contributed by atoms with E-state index < -0.39 is 8.07 Å². The van der Waals surface area contributed by atoms with Gasteiger partial charge in [0, 0.05) is 14.5 Å². The van der Waals surface area contributed by atoms with Gasteiger partial charge in [0.25, 0.3) is 0 Å². The first-order valence-corrected chi connectivity index (χ1v) is 9.75. The van der Waals surface area contributed by atoms with Gasteiger partial charge < -0.3 is 9.90 Å². The molecule has 0 aliphatic rings. The average molecular weight is 242 g/mol.